The van der Waals surface area contributed by atoms with E-state index in [1.54, 1.807) is 7.11 Å². The molecule has 1 atom stereocenters. The highest BCUT2D eigenvalue weighted by Gasteiger charge is 2.35. The van der Waals surface area contributed by atoms with Gasteiger partial charge in [-0.2, -0.15) is 0 Å². The summed E-state index contributed by atoms with van der Waals surface area (Å²) in [7, 11) is 1.62. The first-order valence-electron chi connectivity index (χ1n) is 11.7. The molecule has 5 rings (SSSR count). The van der Waals surface area contributed by atoms with Crippen LogP contribution in [-0.2, 0) is 18.5 Å². The van der Waals surface area contributed by atoms with Crippen molar-refractivity contribution in [3.63, 3.8) is 0 Å². The Labute approximate surface area is 198 Å². The van der Waals surface area contributed by atoms with Crippen molar-refractivity contribution in [2.24, 2.45) is 0 Å². The van der Waals surface area contributed by atoms with Gasteiger partial charge in [0.1, 0.15) is 11.8 Å². The van der Waals surface area contributed by atoms with E-state index in [1.165, 1.54) is 11.1 Å². The third-order valence-corrected chi connectivity index (χ3v) is 7.08. The molecular formula is C26H30N6O2. The van der Waals surface area contributed by atoms with E-state index in [2.05, 4.69) is 70.4 Å². The van der Waals surface area contributed by atoms with Crippen LogP contribution in [0.15, 0.2) is 53.3 Å². The first-order valence-corrected chi connectivity index (χ1v) is 11.7. The van der Waals surface area contributed by atoms with Gasteiger partial charge in [0.2, 0.25) is 0 Å². The number of H-pyrrole nitrogens is 1. The lowest BCUT2D eigenvalue weighted by molar-refractivity contribution is 0.181. The number of tetrazole rings is 1. The number of benzene rings is 2. The molecule has 0 amide bonds. The summed E-state index contributed by atoms with van der Waals surface area (Å²) in [4.78, 5) is 18.9. The Morgan fingerprint density at radius 3 is 2.71 bits per heavy atom. The van der Waals surface area contributed by atoms with Crippen LogP contribution >= 0.6 is 0 Å². The van der Waals surface area contributed by atoms with E-state index in [-0.39, 0.29) is 17.1 Å². The monoisotopic (exact) mass is 458 g/mol. The third-order valence-electron chi connectivity index (χ3n) is 7.08. The van der Waals surface area contributed by atoms with E-state index in [1.807, 2.05) is 28.9 Å². The zero-order valence-corrected chi connectivity index (χ0v) is 20.1. The number of pyridine rings is 1. The Bertz CT molecular complexity index is 1390. The minimum absolute atomic E-state index is 0.145. The minimum Gasteiger partial charge on any atom is -0.497 e. The highest BCUT2D eigenvalue weighted by atomic mass is 16.5. The summed E-state index contributed by atoms with van der Waals surface area (Å²) < 4.78 is 7.22. The van der Waals surface area contributed by atoms with Crippen molar-refractivity contribution in [2.45, 2.75) is 51.7 Å². The van der Waals surface area contributed by atoms with Gasteiger partial charge in [0.05, 0.1) is 18.2 Å². The molecule has 1 aliphatic rings. The molecule has 2 aromatic heterocycles. The second-order valence-corrected chi connectivity index (χ2v) is 9.51. The Morgan fingerprint density at radius 1 is 1.15 bits per heavy atom. The number of hydrogen-bond donors (Lipinski definition) is 1. The zero-order chi connectivity index (χ0) is 23.9. The molecule has 2 aromatic carbocycles. The lowest BCUT2D eigenvalue weighted by atomic mass is 9.95. The van der Waals surface area contributed by atoms with E-state index in [4.69, 9.17) is 4.74 Å². The Morgan fingerprint density at radius 2 is 1.94 bits per heavy atom. The average Bonchev–Trinajstić information content (AvgIpc) is 3.34. The number of nitrogens with one attached hydrogen (secondary N) is 1. The van der Waals surface area contributed by atoms with Gasteiger partial charge in [0.25, 0.3) is 5.56 Å². The normalized spacial score (nSPS) is 15.3. The number of hydrogen-bond acceptors (Lipinski definition) is 6. The molecule has 0 bridgehead atoms. The SMILES string of the molecule is CCC(C)(C)n1nnnc1[C@@H](c1cc2ccc(OC)cc2[nH]c1=O)N1CCc2ccccc2C1. The minimum atomic E-state index is -0.385. The van der Waals surface area contributed by atoms with Gasteiger partial charge in [0, 0.05) is 24.7 Å². The van der Waals surface area contributed by atoms with Crippen molar-refractivity contribution < 1.29 is 4.74 Å². The molecule has 8 heteroatoms. The molecule has 0 unspecified atom stereocenters. The molecular weight excluding hydrogens is 428 g/mol. The van der Waals surface area contributed by atoms with Crippen LogP contribution in [0.25, 0.3) is 10.9 Å². The summed E-state index contributed by atoms with van der Waals surface area (Å²) in [5, 5.41) is 13.8. The first-order chi connectivity index (χ1) is 16.4. The van der Waals surface area contributed by atoms with E-state index in [0.29, 0.717) is 17.1 Å². The molecule has 1 aliphatic heterocycles. The molecule has 0 saturated heterocycles. The van der Waals surface area contributed by atoms with E-state index < -0.39 is 0 Å². The van der Waals surface area contributed by atoms with E-state index in [9.17, 15) is 4.79 Å². The topological polar surface area (TPSA) is 88.9 Å². The summed E-state index contributed by atoms with van der Waals surface area (Å²) >= 11 is 0. The molecule has 3 heterocycles. The Balaban J connectivity index is 1.68. The molecule has 0 saturated carbocycles. The fourth-order valence-corrected chi connectivity index (χ4v) is 4.71. The number of aromatic nitrogens is 5. The van der Waals surface area contributed by atoms with Crippen molar-refractivity contribution in [3.05, 3.63) is 81.4 Å². The molecule has 0 spiro atoms. The van der Waals surface area contributed by atoms with Gasteiger partial charge in [-0.1, -0.05) is 31.2 Å². The largest absolute Gasteiger partial charge is 0.497 e. The standard InChI is InChI=1S/C26H30N6O2/c1-5-26(2,3)32-24(28-29-30-32)23(31-13-12-17-8-6-7-9-19(17)16-31)21-14-18-10-11-20(34-4)15-22(18)27-25(21)33/h6-11,14-15,23H,5,12-13,16H2,1-4H3,(H,27,33)/t23-/m1/s1. The summed E-state index contributed by atoms with van der Waals surface area (Å²) in [6.07, 6.45) is 1.77. The van der Waals surface area contributed by atoms with Gasteiger partial charge in [0.15, 0.2) is 5.82 Å². The third kappa shape index (κ3) is 3.88. The van der Waals surface area contributed by atoms with Crippen molar-refractivity contribution in [1.29, 1.82) is 0 Å². The number of aromatic amines is 1. The summed E-state index contributed by atoms with van der Waals surface area (Å²) in [5.41, 5.74) is 3.57. The van der Waals surface area contributed by atoms with Gasteiger partial charge >= 0.3 is 0 Å². The first kappa shape index (κ1) is 22.3. The molecule has 0 radical (unpaired) electrons. The van der Waals surface area contributed by atoms with Gasteiger partial charge in [-0.3, -0.25) is 9.69 Å². The van der Waals surface area contributed by atoms with Crippen LogP contribution < -0.4 is 10.3 Å². The van der Waals surface area contributed by atoms with Crippen molar-refractivity contribution in [1.82, 2.24) is 30.1 Å². The van der Waals surface area contributed by atoms with Crippen LogP contribution in [-0.4, -0.2) is 43.7 Å². The van der Waals surface area contributed by atoms with Gasteiger partial charge < -0.3 is 9.72 Å². The van der Waals surface area contributed by atoms with Crippen LogP contribution in [0.1, 0.15) is 55.7 Å². The number of rotatable bonds is 6. The predicted molar refractivity (Wildman–Crippen MR) is 131 cm³/mol. The lowest BCUT2D eigenvalue weighted by Gasteiger charge is -2.36. The fraction of sp³-hybridized carbons (Fsp3) is 0.385. The second-order valence-electron chi connectivity index (χ2n) is 9.51. The van der Waals surface area contributed by atoms with Gasteiger partial charge in [-0.15, -0.1) is 5.10 Å². The fourth-order valence-electron chi connectivity index (χ4n) is 4.71. The van der Waals surface area contributed by atoms with Crippen LogP contribution in [0.2, 0.25) is 0 Å². The number of ether oxygens (including phenoxy) is 1. The molecule has 0 fully saturated rings. The molecule has 34 heavy (non-hydrogen) atoms. The summed E-state index contributed by atoms with van der Waals surface area (Å²) in [6.45, 7) is 7.88. The molecule has 4 aromatic rings. The van der Waals surface area contributed by atoms with Gasteiger partial charge in [-0.25, -0.2) is 4.68 Å². The summed E-state index contributed by atoms with van der Waals surface area (Å²) in [6, 6.07) is 15.8. The van der Waals surface area contributed by atoms with E-state index >= 15 is 0 Å². The zero-order valence-electron chi connectivity index (χ0n) is 20.1. The molecule has 1 N–H and O–H groups in total. The lowest BCUT2D eigenvalue weighted by Crippen LogP contribution is -2.40. The maximum atomic E-state index is 13.5. The van der Waals surface area contributed by atoms with Crippen molar-refractivity contribution in [2.75, 3.05) is 13.7 Å². The average molecular weight is 459 g/mol. The highest BCUT2D eigenvalue weighted by Crippen LogP contribution is 2.34. The number of nitrogens with zero attached hydrogens (tertiary/aromatic N) is 5. The Hall–Kier alpha value is -3.52. The van der Waals surface area contributed by atoms with Crippen molar-refractivity contribution in [3.8, 4) is 5.75 Å². The second kappa shape index (κ2) is 8.68. The van der Waals surface area contributed by atoms with E-state index in [0.717, 1.165) is 36.8 Å². The maximum Gasteiger partial charge on any atom is 0.253 e. The van der Waals surface area contributed by atoms with Gasteiger partial charge in [-0.05, 0) is 71.8 Å². The van der Waals surface area contributed by atoms with Crippen LogP contribution in [0.3, 0.4) is 0 Å². The quantitative estimate of drug-likeness (QED) is 0.473. The highest BCUT2D eigenvalue weighted by molar-refractivity contribution is 5.80. The smallest absolute Gasteiger partial charge is 0.253 e. The molecule has 8 nitrogen and oxygen atoms in total. The number of methoxy groups -OCH3 is 1. The number of fused-ring (bicyclic) bond motifs is 2. The summed E-state index contributed by atoms with van der Waals surface area (Å²) in [5.74, 6) is 1.39. The molecule has 0 aliphatic carbocycles. The predicted octanol–water partition coefficient (Wildman–Crippen LogP) is 3.82. The van der Waals surface area contributed by atoms with Crippen LogP contribution in [0, 0.1) is 0 Å². The van der Waals surface area contributed by atoms with Crippen molar-refractivity contribution >= 4 is 10.9 Å². The Kier molecular flexibility index (Phi) is 5.69. The maximum absolute atomic E-state index is 13.5. The van der Waals surface area contributed by atoms with Crippen LogP contribution in [0.5, 0.6) is 5.75 Å². The van der Waals surface area contributed by atoms with Crippen LogP contribution in [0.4, 0.5) is 0 Å². The molecule has 176 valence electrons.